The molecule has 3 heteroatoms. The van der Waals surface area contributed by atoms with Gasteiger partial charge in [0.05, 0.1) is 0 Å². The summed E-state index contributed by atoms with van der Waals surface area (Å²) in [5.41, 5.74) is 0. The number of hydrogen-bond donors (Lipinski definition) is 1. The van der Waals surface area contributed by atoms with Crippen LogP contribution in [0, 0.1) is 5.92 Å². The van der Waals surface area contributed by atoms with E-state index in [2.05, 4.69) is 38.2 Å². The Kier molecular flexibility index (Phi) is 12.2. The van der Waals surface area contributed by atoms with Gasteiger partial charge in [0, 0.05) is 12.5 Å². The third-order valence-electron chi connectivity index (χ3n) is 2.36. The van der Waals surface area contributed by atoms with Crippen molar-refractivity contribution in [3.05, 3.63) is 0 Å². The first-order valence-electron chi connectivity index (χ1n) is 6.41. The lowest BCUT2D eigenvalue weighted by molar-refractivity contribution is -0.121. The van der Waals surface area contributed by atoms with E-state index in [1.54, 1.807) is 0 Å². The molecular weight excluding hydrogens is 200 g/mol. The van der Waals surface area contributed by atoms with Gasteiger partial charge in [-0.05, 0) is 33.0 Å². The largest absolute Gasteiger partial charge is 0.353 e. The zero-order valence-corrected chi connectivity index (χ0v) is 12.1. The summed E-state index contributed by atoms with van der Waals surface area (Å²) < 4.78 is 0. The van der Waals surface area contributed by atoms with E-state index in [0.29, 0.717) is 18.4 Å². The van der Waals surface area contributed by atoms with E-state index in [9.17, 15) is 4.79 Å². The maximum absolute atomic E-state index is 11.2. The molecule has 98 valence electrons. The van der Waals surface area contributed by atoms with Crippen LogP contribution in [0.25, 0.3) is 0 Å². The molecule has 0 rings (SSSR count). The van der Waals surface area contributed by atoms with Crippen molar-refractivity contribution in [3.63, 3.8) is 0 Å². The predicted molar refractivity (Wildman–Crippen MR) is 71.6 cm³/mol. The maximum atomic E-state index is 11.2. The molecule has 0 aliphatic rings. The van der Waals surface area contributed by atoms with Crippen molar-refractivity contribution < 1.29 is 4.79 Å². The van der Waals surface area contributed by atoms with Gasteiger partial charge < -0.3 is 10.2 Å². The van der Waals surface area contributed by atoms with Gasteiger partial charge >= 0.3 is 0 Å². The minimum absolute atomic E-state index is 0.155. The van der Waals surface area contributed by atoms with Gasteiger partial charge in [-0.3, -0.25) is 4.79 Å². The maximum Gasteiger partial charge on any atom is 0.219 e. The smallest absolute Gasteiger partial charge is 0.219 e. The Hall–Kier alpha value is -0.570. The van der Waals surface area contributed by atoms with Gasteiger partial charge in [-0.1, -0.05) is 34.6 Å². The highest BCUT2D eigenvalue weighted by molar-refractivity contribution is 5.75. The number of carbonyl (C=O) groups is 1. The standard InChI is InChI=1S/C11H24N2O.C2H6/c1-6-11(14)12-10(9(2)3)7-8-13(4)5;1-2/h9-10H,6-8H2,1-5H3,(H,12,14);1-2H3. The van der Waals surface area contributed by atoms with Crippen LogP contribution in [0.3, 0.4) is 0 Å². The molecular formula is C13H30N2O. The van der Waals surface area contributed by atoms with E-state index in [4.69, 9.17) is 0 Å². The van der Waals surface area contributed by atoms with E-state index in [1.165, 1.54) is 0 Å². The van der Waals surface area contributed by atoms with Gasteiger partial charge in [-0.2, -0.15) is 0 Å². The van der Waals surface area contributed by atoms with Crippen LogP contribution in [0.1, 0.15) is 47.5 Å². The van der Waals surface area contributed by atoms with Crippen molar-refractivity contribution in [1.82, 2.24) is 10.2 Å². The minimum Gasteiger partial charge on any atom is -0.353 e. The normalized spacial score (nSPS) is 12.1. The molecule has 0 aliphatic carbocycles. The summed E-state index contributed by atoms with van der Waals surface area (Å²) in [5, 5.41) is 3.06. The first-order valence-corrected chi connectivity index (χ1v) is 6.41. The molecule has 0 spiro atoms. The average Bonchev–Trinajstić information content (AvgIpc) is 2.25. The second-order valence-electron chi connectivity index (χ2n) is 4.36. The molecule has 0 bridgehead atoms. The zero-order chi connectivity index (χ0) is 13.1. The van der Waals surface area contributed by atoms with Gasteiger partial charge in [-0.15, -0.1) is 0 Å². The number of nitrogens with one attached hydrogen (secondary N) is 1. The minimum atomic E-state index is 0.155. The van der Waals surface area contributed by atoms with E-state index in [-0.39, 0.29) is 5.91 Å². The molecule has 0 saturated heterocycles. The van der Waals surface area contributed by atoms with Crippen LogP contribution in [0.2, 0.25) is 0 Å². The highest BCUT2D eigenvalue weighted by Crippen LogP contribution is 2.06. The summed E-state index contributed by atoms with van der Waals surface area (Å²) in [5.74, 6) is 0.660. The fraction of sp³-hybridized carbons (Fsp3) is 0.923. The van der Waals surface area contributed by atoms with Gasteiger partial charge in [0.1, 0.15) is 0 Å². The predicted octanol–water partition coefficient (Wildman–Crippen LogP) is 2.52. The summed E-state index contributed by atoms with van der Waals surface area (Å²) in [6.45, 7) is 11.2. The van der Waals surface area contributed by atoms with Crippen molar-refractivity contribution in [1.29, 1.82) is 0 Å². The van der Waals surface area contributed by atoms with Crippen LogP contribution in [-0.4, -0.2) is 37.5 Å². The molecule has 0 saturated carbocycles. The van der Waals surface area contributed by atoms with Crippen molar-refractivity contribution in [3.8, 4) is 0 Å². The fourth-order valence-electron chi connectivity index (χ4n) is 1.28. The lowest BCUT2D eigenvalue weighted by atomic mass is 10.0. The van der Waals surface area contributed by atoms with Gasteiger partial charge in [0.2, 0.25) is 5.91 Å². The summed E-state index contributed by atoms with van der Waals surface area (Å²) in [7, 11) is 4.11. The lowest BCUT2D eigenvalue weighted by Gasteiger charge is -2.23. The van der Waals surface area contributed by atoms with Crippen LogP contribution in [0.15, 0.2) is 0 Å². The Labute approximate surface area is 102 Å². The average molecular weight is 230 g/mol. The van der Waals surface area contributed by atoms with E-state index >= 15 is 0 Å². The monoisotopic (exact) mass is 230 g/mol. The number of hydrogen-bond acceptors (Lipinski definition) is 2. The van der Waals surface area contributed by atoms with Crippen molar-refractivity contribution in [2.45, 2.75) is 53.5 Å². The molecule has 1 amide bonds. The van der Waals surface area contributed by atoms with Crippen LogP contribution >= 0.6 is 0 Å². The summed E-state index contributed by atoms with van der Waals surface area (Å²) in [4.78, 5) is 13.4. The molecule has 0 aromatic heterocycles. The molecule has 1 unspecified atom stereocenters. The molecule has 0 heterocycles. The third-order valence-corrected chi connectivity index (χ3v) is 2.36. The third kappa shape index (κ3) is 9.97. The van der Waals surface area contributed by atoms with Crippen molar-refractivity contribution >= 4 is 5.91 Å². The molecule has 0 aromatic rings. The van der Waals surface area contributed by atoms with Crippen LogP contribution in [0.4, 0.5) is 0 Å². The van der Waals surface area contributed by atoms with E-state index in [0.717, 1.165) is 13.0 Å². The van der Waals surface area contributed by atoms with Gasteiger partial charge in [0.25, 0.3) is 0 Å². The summed E-state index contributed by atoms with van der Waals surface area (Å²) in [6, 6.07) is 0.310. The SMILES string of the molecule is CC.CCC(=O)NC(CCN(C)C)C(C)C. The molecule has 0 aliphatic heterocycles. The molecule has 0 fully saturated rings. The number of carbonyl (C=O) groups excluding carboxylic acids is 1. The summed E-state index contributed by atoms with van der Waals surface area (Å²) >= 11 is 0. The second-order valence-corrected chi connectivity index (χ2v) is 4.36. The molecule has 0 radical (unpaired) electrons. The van der Waals surface area contributed by atoms with Crippen LogP contribution in [-0.2, 0) is 4.79 Å². The first kappa shape index (κ1) is 17.8. The Morgan fingerprint density at radius 1 is 1.25 bits per heavy atom. The van der Waals surface area contributed by atoms with E-state index < -0.39 is 0 Å². The second kappa shape index (κ2) is 10.9. The molecule has 1 atom stereocenters. The molecule has 1 N–H and O–H groups in total. The Balaban J connectivity index is 0. The molecule has 0 aromatic carbocycles. The van der Waals surface area contributed by atoms with E-state index in [1.807, 2.05) is 20.8 Å². The highest BCUT2D eigenvalue weighted by Gasteiger charge is 2.14. The number of rotatable bonds is 6. The molecule has 16 heavy (non-hydrogen) atoms. The lowest BCUT2D eigenvalue weighted by Crippen LogP contribution is -2.40. The van der Waals surface area contributed by atoms with Gasteiger partial charge in [0.15, 0.2) is 0 Å². The van der Waals surface area contributed by atoms with Crippen molar-refractivity contribution in [2.24, 2.45) is 5.92 Å². The molecule has 3 nitrogen and oxygen atoms in total. The Bertz CT molecular complexity index is 167. The van der Waals surface area contributed by atoms with Crippen LogP contribution in [0.5, 0.6) is 0 Å². The van der Waals surface area contributed by atoms with Gasteiger partial charge in [-0.25, -0.2) is 0 Å². The Morgan fingerprint density at radius 3 is 2.06 bits per heavy atom. The van der Waals surface area contributed by atoms with Crippen molar-refractivity contribution in [2.75, 3.05) is 20.6 Å². The number of nitrogens with zero attached hydrogens (tertiary/aromatic N) is 1. The summed E-state index contributed by atoms with van der Waals surface area (Å²) in [6.07, 6.45) is 1.60. The zero-order valence-electron chi connectivity index (χ0n) is 12.1. The highest BCUT2D eigenvalue weighted by atomic mass is 16.1. The first-order chi connectivity index (χ1) is 7.47. The van der Waals surface area contributed by atoms with Crippen LogP contribution < -0.4 is 5.32 Å². The quantitative estimate of drug-likeness (QED) is 0.760. The topological polar surface area (TPSA) is 32.3 Å². The fourth-order valence-corrected chi connectivity index (χ4v) is 1.28. The Morgan fingerprint density at radius 2 is 1.75 bits per heavy atom. The number of amides is 1.